The van der Waals surface area contributed by atoms with Crippen LogP contribution >= 0.6 is 0 Å². The molecule has 0 aromatic heterocycles. The molecule has 2 aromatic rings. The monoisotopic (exact) mass is 241 g/mol. The Labute approximate surface area is 104 Å². The van der Waals surface area contributed by atoms with E-state index in [9.17, 15) is 9.59 Å². The van der Waals surface area contributed by atoms with Crippen molar-refractivity contribution in [3.05, 3.63) is 53.6 Å². The van der Waals surface area contributed by atoms with Crippen LogP contribution in [0.2, 0.25) is 0 Å². The van der Waals surface area contributed by atoms with E-state index in [-0.39, 0.29) is 5.56 Å². The van der Waals surface area contributed by atoms with Gasteiger partial charge in [-0.2, -0.15) is 0 Å². The van der Waals surface area contributed by atoms with Gasteiger partial charge in [0, 0.05) is 11.3 Å². The first-order chi connectivity index (χ1) is 8.63. The number of carbonyl (C=O) groups is 2. The lowest BCUT2D eigenvalue weighted by Gasteiger charge is -2.09. The minimum absolute atomic E-state index is 0.124. The molecule has 0 unspecified atom stereocenters. The van der Waals surface area contributed by atoms with Crippen LogP contribution in [-0.2, 0) is 0 Å². The summed E-state index contributed by atoms with van der Waals surface area (Å²) in [5.74, 6) is -1.05. The first-order valence-corrected chi connectivity index (χ1v) is 5.31. The van der Waals surface area contributed by atoms with Crippen LogP contribution in [-0.4, -0.2) is 17.4 Å². The number of anilines is 1. The number of hydrogen-bond acceptors (Lipinski definition) is 3. The largest absolute Gasteiger partial charge is 0.478 e. The Morgan fingerprint density at radius 3 is 2.50 bits per heavy atom. The SMILES string of the molecule is Nc1ccc(C(=O)O)c(-c2ccccc2C=O)c1. The zero-order chi connectivity index (χ0) is 13.1. The molecule has 0 radical (unpaired) electrons. The smallest absolute Gasteiger partial charge is 0.336 e. The second-order valence-electron chi connectivity index (χ2n) is 3.82. The summed E-state index contributed by atoms with van der Waals surface area (Å²) in [4.78, 5) is 22.2. The quantitative estimate of drug-likeness (QED) is 0.638. The summed E-state index contributed by atoms with van der Waals surface area (Å²) in [6.07, 6.45) is 0.699. The van der Waals surface area contributed by atoms with Gasteiger partial charge in [-0.3, -0.25) is 4.79 Å². The molecule has 0 heterocycles. The lowest BCUT2D eigenvalue weighted by atomic mass is 9.95. The molecule has 0 aliphatic heterocycles. The van der Waals surface area contributed by atoms with Crippen LogP contribution in [0.3, 0.4) is 0 Å². The van der Waals surface area contributed by atoms with E-state index in [4.69, 9.17) is 10.8 Å². The van der Waals surface area contributed by atoms with Gasteiger partial charge in [-0.25, -0.2) is 4.79 Å². The lowest BCUT2D eigenvalue weighted by Crippen LogP contribution is -2.02. The van der Waals surface area contributed by atoms with E-state index in [1.54, 1.807) is 30.3 Å². The number of rotatable bonds is 3. The molecule has 0 fully saturated rings. The number of carboxylic acids is 1. The molecule has 18 heavy (non-hydrogen) atoms. The molecule has 0 saturated carbocycles. The summed E-state index contributed by atoms with van der Waals surface area (Å²) in [5, 5.41) is 9.15. The molecule has 90 valence electrons. The fourth-order valence-corrected chi connectivity index (χ4v) is 1.82. The zero-order valence-corrected chi connectivity index (χ0v) is 9.46. The summed E-state index contributed by atoms with van der Waals surface area (Å²) < 4.78 is 0. The Bertz CT molecular complexity index is 620. The molecule has 4 heteroatoms. The number of nitrogen functional groups attached to an aromatic ring is 1. The molecular weight excluding hydrogens is 230 g/mol. The highest BCUT2D eigenvalue weighted by atomic mass is 16.4. The Balaban J connectivity index is 2.73. The van der Waals surface area contributed by atoms with E-state index >= 15 is 0 Å². The molecule has 0 spiro atoms. The van der Waals surface area contributed by atoms with Gasteiger partial charge in [-0.15, -0.1) is 0 Å². The van der Waals surface area contributed by atoms with Crippen molar-refractivity contribution in [2.75, 3.05) is 5.73 Å². The number of benzene rings is 2. The summed E-state index contributed by atoms with van der Waals surface area (Å²) >= 11 is 0. The standard InChI is InChI=1S/C14H11NO3/c15-10-5-6-12(14(17)18)13(7-10)11-4-2-1-3-9(11)8-16/h1-8H,15H2,(H,17,18). The third-order valence-corrected chi connectivity index (χ3v) is 2.65. The van der Waals surface area contributed by atoms with Gasteiger partial charge < -0.3 is 10.8 Å². The average molecular weight is 241 g/mol. The van der Waals surface area contributed by atoms with Crippen molar-refractivity contribution in [1.29, 1.82) is 0 Å². The molecule has 0 aliphatic carbocycles. The van der Waals surface area contributed by atoms with Crippen LogP contribution in [0.15, 0.2) is 42.5 Å². The van der Waals surface area contributed by atoms with Crippen molar-refractivity contribution in [2.24, 2.45) is 0 Å². The van der Waals surface area contributed by atoms with Gasteiger partial charge in [0.15, 0.2) is 6.29 Å². The van der Waals surface area contributed by atoms with E-state index < -0.39 is 5.97 Å². The molecule has 2 aromatic carbocycles. The highest BCUT2D eigenvalue weighted by molar-refractivity contribution is 6.00. The Morgan fingerprint density at radius 1 is 1.11 bits per heavy atom. The van der Waals surface area contributed by atoms with Gasteiger partial charge >= 0.3 is 5.97 Å². The predicted molar refractivity (Wildman–Crippen MR) is 68.6 cm³/mol. The molecular formula is C14H11NO3. The second kappa shape index (κ2) is 4.71. The zero-order valence-electron chi connectivity index (χ0n) is 9.46. The second-order valence-corrected chi connectivity index (χ2v) is 3.82. The number of aromatic carboxylic acids is 1. The van der Waals surface area contributed by atoms with Crippen LogP contribution < -0.4 is 5.73 Å². The maximum absolute atomic E-state index is 11.2. The van der Waals surface area contributed by atoms with Crippen molar-refractivity contribution in [3.8, 4) is 11.1 Å². The average Bonchev–Trinajstić information content (AvgIpc) is 2.38. The summed E-state index contributed by atoms with van der Waals surface area (Å²) in [6.45, 7) is 0. The maximum Gasteiger partial charge on any atom is 0.336 e. The third kappa shape index (κ3) is 2.08. The molecule has 0 atom stereocenters. The summed E-state index contributed by atoms with van der Waals surface area (Å²) in [7, 11) is 0. The van der Waals surface area contributed by atoms with Crippen molar-refractivity contribution in [3.63, 3.8) is 0 Å². The van der Waals surface area contributed by atoms with Gasteiger partial charge in [-0.1, -0.05) is 24.3 Å². The maximum atomic E-state index is 11.2. The number of aldehydes is 1. The molecule has 4 nitrogen and oxygen atoms in total. The van der Waals surface area contributed by atoms with E-state index in [0.717, 1.165) is 0 Å². The van der Waals surface area contributed by atoms with Gasteiger partial charge in [0.2, 0.25) is 0 Å². The van der Waals surface area contributed by atoms with Crippen molar-refractivity contribution in [1.82, 2.24) is 0 Å². The normalized spacial score (nSPS) is 10.0. The molecule has 2 rings (SSSR count). The van der Waals surface area contributed by atoms with E-state index in [1.807, 2.05) is 0 Å². The molecule has 0 amide bonds. The fourth-order valence-electron chi connectivity index (χ4n) is 1.82. The van der Waals surface area contributed by atoms with Gasteiger partial charge in [0.1, 0.15) is 0 Å². The Morgan fingerprint density at radius 2 is 1.83 bits per heavy atom. The van der Waals surface area contributed by atoms with Gasteiger partial charge in [0.05, 0.1) is 5.56 Å². The highest BCUT2D eigenvalue weighted by Crippen LogP contribution is 2.28. The van der Waals surface area contributed by atoms with Crippen molar-refractivity contribution < 1.29 is 14.7 Å². The van der Waals surface area contributed by atoms with E-state index in [1.165, 1.54) is 12.1 Å². The third-order valence-electron chi connectivity index (χ3n) is 2.65. The lowest BCUT2D eigenvalue weighted by molar-refractivity contribution is 0.0697. The van der Waals surface area contributed by atoms with E-state index in [2.05, 4.69) is 0 Å². The van der Waals surface area contributed by atoms with E-state index in [0.29, 0.717) is 28.7 Å². The van der Waals surface area contributed by atoms with Crippen molar-refractivity contribution in [2.45, 2.75) is 0 Å². The first-order valence-electron chi connectivity index (χ1n) is 5.31. The Kier molecular flexibility index (Phi) is 3.10. The summed E-state index contributed by atoms with van der Waals surface area (Å²) in [5.41, 5.74) is 7.71. The van der Waals surface area contributed by atoms with Crippen LogP contribution in [0.1, 0.15) is 20.7 Å². The molecule has 0 bridgehead atoms. The fraction of sp³-hybridized carbons (Fsp3) is 0. The number of carboxylic acid groups (broad SMARTS) is 1. The Hall–Kier alpha value is -2.62. The van der Waals surface area contributed by atoms with Crippen LogP contribution in [0.5, 0.6) is 0 Å². The van der Waals surface area contributed by atoms with Crippen LogP contribution in [0.25, 0.3) is 11.1 Å². The molecule has 3 N–H and O–H groups in total. The number of carbonyl (C=O) groups excluding carboxylic acids is 1. The van der Waals surface area contributed by atoms with Gasteiger partial charge in [0.25, 0.3) is 0 Å². The van der Waals surface area contributed by atoms with Crippen molar-refractivity contribution >= 4 is 17.9 Å². The highest BCUT2D eigenvalue weighted by Gasteiger charge is 2.14. The molecule has 0 saturated heterocycles. The molecule has 0 aliphatic rings. The topological polar surface area (TPSA) is 80.4 Å². The van der Waals surface area contributed by atoms with Gasteiger partial charge in [-0.05, 0) is 29.3 Å². The minimum atomic E-state index is -1.05. The number of nitrogens with two attached hydrogens (primary N) is 1. The van der Waals surface area contributed by atoms with Crippen LogP contribution in [0.4, 0.5) is 5.69 Å². The summed E-state index contributed by atoms with van der Waals surface area (Å²) in [6, 6.07) is 11.3. The predicted octanol–water partition coefficient (Wildman–Crippen LogP) is 2.45. The number of hydrogen-bond donors (Lipinski definition) is 2. The minimum Gasteiger partial charge on any atom is -0.478 e. The first kappa shape index (κ1) is 11.9. The van der Waals surface area contributed by atoms with Crippen LogP contribution in [0, 0.1) is 0 Å².